The molecule has 3 heterocycles. The molecule has 0 saturated carbocycles. The van der Waals surface area contributed by atoms with Crippen molar-refractivity contribution in [3.8, 4) is 0 Å². The number of allylic oxidation sites excluding steroid dienone is 1. The molecule has 0 radical (unpaired) electrons. The van der Waals surface area contributed by atoms with Gasteiger partial charge in [-0.05, 0) is 26.0 Å². The molecule has 29 heavy (non-hydrogen) atoms. The van der Waals surface area contributed by atoms with E-state index in [0.29, 0.717) is 12.3 Å². The fourth-order valence-corrected chi connectivity index (χ4v) is 3.87. The maximum absolute atomic E-state index is 14.3. The van der Waals surface area contributed by atoms with E-state index in [-0.39, 0.29) is 28.3 Å². The Kier molecular flexibility index (Phi) is 4.46. The lowest BCUT2D eigenvalue weighted by molar-refractivity contribution is 0.582. The third-order valence-corrected chi connectivity index (χ3v) is 5.67. The molecular formula is C20H19ClFN5O2. The van der Waals surface area contributed by atoms with Crippen LogP contribution >= 0.6 is 11.6 Å². The van der Waals surface area contributed by atoms with E-state index in [0.717, 1.165) is 16.0 Å². The summed E-state index contributed by atoms with van der Waals surface area (Å²) in [5, 5.41) is 0.154. The molecule has 4 rings (SSSR count). The van der Waals surface area contributed by atoms with E-state index >= 15 is 0 Å². The van der Waals surface area contributed by atoms with Crippen LogP contribution in [0, 0.1) is 19.7 Å². The Balaban J connectivity index is 2.09. The highest BCUT2D eigenvalue weighted by atomic mass is 35.5. The number of imidazole rings is 2. The van der Waals surface area contributed by atoms with Crippen molar-refractivity contribution < 1.29 is 4.39 Å². The minimum absolute atomic E-state index is 0.0885. The van der Waals surface area contributed by atoms with E-state index in [9.17, 15) is 14.0 Å². The van der Waals surface area contributed by atoms with Crippen molar-refractivity contribution >= 4 is 28.5 Å². The number of hydrogen-bond donors (Lipinski definition) is 0. The highest BCUT2D eigenvalue weighted by Crippen LogP contribution is 2.22. The van der Waals surface area contributed by atoms with Gasteiger partial charge in [0.2, 0.25) is 5.78 Å². The first-order chi connectivity index (χ1) is 13.8. The molecule has 0 amide bonds. The van der Waals surface area contributed by atoms with Gasteiger partial charge < -0.3 is 4.57 Å². The first-order valence-corrected chi connectivity index (χ1v) is 9.37. The quantitative estimate of drug-likeness (QED) is 0.481. The van der Waals surface area contributed by atoms with Gasteiger partial charge in [-0.25, -0.2) is 9.18 Å². The van der Waals surface area contributed by atoms with Gasteiger partial charge >= 0.3 is 5.69 Å². The summed E-state index contributed by atoms with van der Waals surface area (Å²) in [6, 6.07) is 4.24. The number of aromatic nitrogens is 5. The molecule has 150 valence electrons. The second-order valence-corrected chi connectivity index (χ2v) is 7.33. The Morgan fingerprint density at radius 3 is 2.59 bits per heavy atom. The van der Waals surface area contributed by atoms with Crippen LogP contribution in [0.3, 0.4) is 0 Å². The van der Waals surface area contributed by atoms with Gasteiger partial charge in [-0.15, -0.1) is 6.58 Å². The van der Waals surface area contributed by atoms with Gasteiger partial charge in [0.1, 0.15) is 5.82 Å². The van der Waals surface area contributed by atoms with Crippen LogP contribution in [0.15, 0.2) is 40.4 Å². The van der Waals surface area contributed by atoms with Crippen molar-refractivity contribution in [3.05, 3.63) is 79.5 Å². The SMILES string of the molecule is C=CCn1c(C)c(C)n2c3c(=O)n(Cc4c(F)cccc4Cl)c(=O)n(C)c3nc12. The molecule has 7 nitrogen and oxygen atoms in total. The molecule has 0 spiro atoms. The maximum Gasteiger partial charge on any atom is 0.332 e. The standard InChI is InChI=1S/C20H19ClFN5O2/c1-5-9-25-11(2)12(3)27-16-17(23-19(25)27)24(4)20(29)26(18(16)28)10-13-14(21)7-6-8-15(13)22/h5-8H,1,9-10H2,2-4H3. The summed E-state index contributed by atoms with van der Waals surface area (Å²) < 4.78 is 20.2. The predicted octanol–water partition coefficient (Wildman–Crippen LogP) is 2.79. The Hall–Kier alpha value is -3.13. The van der Waals surface area contributed by atoms with Crippen molar-refractivity contribution in [2.45, 2.75) is 26.9 Å². The molecule has 3 aromatic heterocycles. The highest BCUT2D eigenvalue weighted by Gasteiger charge is 2.23. The van der Waals surface area contributed by atoms with Gasteiger partial charge in [0, 0.05) is 35.6 Å². The zero-order valence-electron chi connectivity index (χ0n) is 16.2. The summed E-state index contributed by atoms with van der Waals surface area (Å²) in [7, 11) is 1.54. The maximum atomic E-state index is 14.3. The molecule has 0 aliphatic rings. The fourth-order valence-electron chi connectivity index (χ4n) is 3.64. The van der Waals surface area contributed by atoms with Crippen LogP contribution in [0.25, 0.3) is 16.9 Å². The lowest BCUT2D eigenvalue weighted by Crippen LogP contribution is -2.40. The van der Waals surface area contributed by atoms with Gasteiger partial charge in [-0.3, -0.25) is 18.3 Å². The van der Waals surface area contributed by atoms with Crippen LogP contribution < -0.4 is 11.2 Å². The molecule has 0 saturated heterocycles. The molecule has 0 N–H and O–H groups in total. The second-order valence-electron chi connectivity index (χ2n) is 6.92. The highest BCUT2D eigenvalue weighted by molar-refractivity contribution is 6.31. The number of rotatable bonds is 4. The molecular weight excluding hydrogens is 397 g/mol. The van der Waals surface area contributed by atoms with E-state index in [2.05, 4.69) is 11.6 Å². The van der Waals surface area contributed by atoms with Crippen molar-refractivity contribution in [2.75, 3.05) is 0 Å². The molecule has 0 aliphatic carbocycles. The van der Waals surface area contributed by atoms with Crippen LogP contribution in [-0.4, -0.2) is 23.1 Å². The molecule has 1 aromatic carbocycles. The monoisotopic (exact) mass is 415 g/mol. The minimum Gasteiger partial charge on any atom is -0.310 e. The number of nitrogens with zero attached hydrogens (tertiary/aromatic N) is 5. The zero-order valence-corrected chi connectivity index (χ0v) is 17.0. The van der Waals surface area contributed by atoms with Crippen LogP contribution in [0.4, 0.5) is 4.39 Å². The van der Waals surface area contributed by atoms with Crippen LogP contribution in [0.2, 0.25) is 5.02 Å². The summed E-state index contributed by atoms with van der Waals surface area (Å²) in [5.74, 6) is -0.0298. The average molecular weight is 416 g/mol. The van der Waals surface area contributed by atoms with E-state index in [1.807, 2.05) is 18.4 Å². The molecule has 4 aromatic rings. The van der Waals surface area contributed by atoms with E-state index in [4.69, 9.17) is 11.6 Å². The Morgan fingerprint density at radius 2 is 1.93 bits per heavy atom. The number of aryl methyl sites for hydroxylation is 2. The normalized spacial score (nSPS) is 11.6. The van der Waals surface area contributed by atoms with Crippen molar-refractivity contribution in [2.24, 2.45) is 7.05 Å². The number of hydrogen-bond acceptors (Lipinski definition) is 3. The summed E-state index contributed by atoms with van der Waals surface area (Å²) >= 11 is 6.11. The first kappa shape index (κ1) is 19.2. The molecule has 0 atom stereocenters. The topological polar surface area (TPSA) is 66.2 Å². The molecule has 0 unspecified atom stereocenters. The Morgan fingerprint density at radius 1 is 1.21 bits per heavy atom. The smallest absolute Gasteiger partial charge is 0.310 e. The van der Waals surface area contributed by atoms with Gasteiger partial charge in [-0.1, -0.05) is 23.7 Å². The minimum atomic E-state index is -0.591. The Labute approximate surface area is 169 Å². The largest absolute Gasteiger partial charge is 0.332 e. The molecule has 0 aliphatic heterocycles. The summed E-state index contributed by atoms with van der Waals surface area (Å²) in [4.78, 5) is 30.8. The van der Waals surface area contributed by atoms with Crippen LogP contribution in [0.5, 0.6) is 0 Å². The third-order valence-electron chi connectivity index (χ3n) is 5.32. The lowest BCUT2D eigenvalue weighted by Gasteiger charge is -2.10. The van der Waals surface area contributed by atoms with E-state index in [1.54, 1.807) is 10.5 Å². The van der Waals surface area contributed by atoms with Crippen LogP contribution in [0.1, 0.15) is 17.0 Å². The zero-order chi connectivity index (χ0) is 21.0. The van der Waals surface area contributed by atoms with Gasteiger partial charge in [-0.2, -0.15) is 4.98 Å². The van der Waals surface area contributed by atoms with E-state index in [1.165, 1.54) is 29.8 Å². The third kappa shape index (κ3) is 2.66. The van der Waals surface area contributed by atoms with E-state index < -0.39 is 17.1 Å². The predicted molar refractivity (Wildman–Crippen MR) is 110 cm³/mol. The van der Waals surface area contributed by atoms with Crippen molar-refractivity contribution in [3.63, 3.8) is 0 Å². The first-order valence-electron chi connectivity index (χ1n) is 8.99. The summed E-state index contributed by atoms with van der Waals surface area (Å²) in [6.07, 6.45) is 1.74. The Bertz CT molecular complexity index is 1400. The second kappa shape index (κ2) is 6.73. The number of halogens is 2. The average Bonchev–Trinajstić information content (AvgIpc) is 3.18. The number of benzene rings is 1. The summed E-state index contributed by atoms with van der Waals surface area (Å²) in [5.41, 5.74) is 1.25. The number of fused-ring (bicyclic) bond motifs is 3. The van der Waals surface area contributed by atoms with Crippen LogP contribution in [-0.2, 0) is 20.1 Å². The van der Waals surface area contributed by atoms with Crippen molar-refractivity contribution in [1.29, 1.82) is 0 Å². The summed E-state index contributed by atoms with van der Waals surface area (Å²) in [6.45, 7) is 7.82. The molecule has 0 fully saturated rings. The van der Waals surface area contributed by atoms with Crippen molar-refractivity contribution in [1.82, 2.24) is 23.1 Å². The van der Waals surface area contributed by atoms with Gasteiger partial charge in [0.05, 0.1) is 6.54 Å². The molecule has 9 heteroatoms. The molecule has 0 bridgehead atoms. The lowest BCUT2D eigenvalue weighted by atomic mass is 10.2. The fraction of sp³-hybridized carbons (Fsp3) is 0.250. The van der Waals surface area contributed by atoms with Gasteiger partial charge in [0.25, 0.3) is 5.56 Å². The van der Waals surface area contributed by atoms with Gasteiger partial charge in [0.15, 0.2) is 11.2 Å².